The highest BCUT2D eigenvalue weighted by Crippen LogP contribution is 2.30. The molecule has 1 saturated heterocycles. The summed E-state index contributed by atoms with van der Waals surface area (Å²) in [5.41, 5.74) is 1.24. The summed E-state index contributed by atoms with van der Waals surface area (Å²) in [5, 5.41) is 3.46. The van der Waals surface area contributed by atoms with Gasteiger partial charge in [0.25, 0.3) is 0 Å². The van der Waals surface area contributed by atoms with E-state index in [4.69, 9.17) is 14.2 Å². The first kappa shape index (κ1) is 22.6. The van der Waals surface area contributed by atoms with E-state index in [1.165, 1.54) is 34.9 Å². The molecule has 0 spiro atoms. The predicted octanol–water partition coefficient (Wildman–Crippen LogP) is 2.48. The zero-order valence-electron chi connectivity index (χ0n) is 17.4. The number of amides is 1. The number of rotatable bonds is 8. The van der Waals surface area contributed by atoms with Gasteiger partial charge in [-0.2, -0.15) is 4.31 Å². The fraction of sp³-hybridized carbons (Fsp3) is 0.333. The van der Waals surface area contributed by atoms with Crippen LogP contribution in [0.1, 0.15) is 5.01 Å². The van der Waals surface area contributed by atoms with Gasteiger partial charge in [-0.25, -0.2) is 13.4 Å². The number of ether oxygens (including phenoxy) is 3. The summed E-state index contributed by atoms with van der Waals surface area (Å²) in [5.74, 6) is -0.187. The molecule has 1 aliphatic rings. The Morgan fingerprint density at radius 3 is 2.75 bits per heavy atom. The smallest absolute Gasteiger partial charge is 0.250 e. The molecule has 4 rings (SSSR count). The van der Waals surface area contributed by atoms with Crippen molar-refractivity contribution in [2.45, 2.75) is 11.5 Å². The molecule has 32 heavy (non-hydrogen) atoms. The molecule has 0 saturated carbocycles. The van der Waals surface area contributed by atoms with Gasteiger partial charge in [0.15, 0.2) is 0 Å². The molecule has 1 aliphatic heterocycles. The van der Waals surface area contributed by atoms with E-state index in [-0.39, 0.29) is 36.9 Å². The van der Waals surface area contributed by atoms with Gasteiger partial charge in [-0.05, 0) is 30.3 Å². The van der Waals surface area contributed by atoms with Gasteiger partial charge in [0.2, 0.25) is 15.9 Å². The largest absolute Gasteiger partial charge is 0.495 e. The van der Waals surface area contributed by atoms with Crippen molar-refractivity contribution >= 4 is 43.2 Å². The molecule has 2 heterocycles. The fourth-order valence-electron chi connectivity index (χ4n) is 3.29. The lowest BCUT2D eigenvalue weighted by atomic mass is 10.3. The molecule has 9 nitrogen and oxygen atoms in total. The number of aromatic nitrogens is 1. The van der Waals surface area contributed by atoms with E-state index >= 15 is 0 Å². The van der Waals surface area contributed by atoms with Crippen molar-refractivity contribution in [3.8, 4) is 5.75 Å². The van der Waals surface area contributed by atoms with Gasteiger partial charge in [0.05, 0.1) is 37.1 Å². The number of hydrogen-bond acceptors (Lipinski definition) is 8. The molecule has 170 valence electrons. The Labute approximate surface area is 190 Å². The van der Waals surface area contributed by atoms with Crippen LogP contribution in [-0.2, 0) is 30.9 Å². The zero-order valence-corrected chi connectivity index (χ0v) is 19.1. The van der Waals surface area contributed by atoms with Crippen LogP contribution in [0.4, 0.5) is 5.69 Å². The Morgan fingerprint density at radius 2 is 2.00 bits per heavy atom. The highest BCUT2D eigenvalue weighted by Gasteiger charge is 2.29. The van der Waals surface area contributed by atoms with E-state index in [2.05, 4.69) is 10.3 Å². The lowest BCUT2D eigenvalue weighted by Gasteiger charge is -2.26. The van der Waals surface area contributed by atoms with Crippen molar-refractivity contribution in [2.24, 2.45) is 0 Å². The second-order valence-electron chi connectivity index (χ2n) is 7.00. The van der Waals surface area contributed by atoms with Crippen LogP contribution in [0.5, 0.6) is 5.75 Å². The Morgan fingerprint density at radius 1 is 1.22 bits per heavy atom. The average Bonchev–Trinajstić information content (AvgIpc) is 3.22. The lowest BCUT2D eigenvalue weighted by Crippen LogP contribution is -2.40. The minimum absolute atomic E-state index is 0.00454. The maximum atomic E-state index is 13.1. The summed E-state index contributed by atoms with van der Waals surface area (Å²) in [4.78, 5) is 16.8. The molecule has 11 heteroatoms. The molecule has 1 amide bonds. The number of methoxy groups -OCH3 is 1. The number of hydrogen-bond donors (Lipinski definition) is 1. The Bertz CT molecular complexity index is 1170. The third kappa shape index (κ3) is 5.08. The molecule has 0 bridgehead atoms. The van der Waals surface area contributed by atoms with Crippen molar-refractivity contribution in [1.82, 2.24) is 9.29 Å². The van der Waals surface area contributed by atoms with Crippen LogP contribution in [-0.4, -0.2) is 63.6 Å². The summed E-state index contributed by atoms with van der Waals surface area (Å²) >= 11 is 1.51. The standard InChI is InChI=1S/C21H23N3O6S2/c1-28-17-7-6-15(12-19(17)32(26,27)24-8-10-29-11-9-24)22-20(25)13-30-14-21-23-16-4-2-3-5-18(16)31-21/h2-7,12H,8-11,13-14H2,1H3,(H,22,25). The Kier molecular flexibility index (Phi) is 7.01. The number of benzene rings is 2. The highest BCUT2D eigenvalue weighted by molar-refractivity contribution is 7.89. The topological polar surface area (TPSA) is 107 Å². The third-order valence-corrected chi connectivity index (χ3v) is 7.76. The number of nitrogens with zero attached hydrogens (tertiary/aromatic N) is 2. The molecular formula is C21H23N3O6S2. The minimum atomic E-state index is -3.79. The van der Waals surface area contributed by atoms with E-state index in [9.17, 15) is 13.2 Å². The van der Waals surface area contributed by atoms with Gasteiger partial charge in [-0.3, -0.25) is 4.79 Å². The quantitative estimate of drug-likeness (QED) is 0.531. The van der Waals surface area contributed by atoms with Gasteiger partial charge >= 0.3 is 0 Å². The molecule has 1 fully saturated rings. The number of carbonyl (C=O) groups excluding carboxylic acids is 1. The maximum Gasteiger partial charge on any atom is 0.250 e. The van der Waals surface area contributed by atoms with Crippen LogP contribution in [0, 0.1) is 0 Å². The lowest BCUT2D eigenvalue weighted by molar-refractivity contribution is -0.121. The number of nitrogens with one attached hydrogen (secondary N) is 1. The van der Waals surface area contributed by atoms with E-state index < -0.39 is 15.9 Å². The monoisotopic (exact) mass is 477 g/mol. The van der Waals surface area contributed by atoms with Gasteiger partial charge in [0, 0.05) is 18.8 Å². The van der Waals surface area contributed by atoms with E-state index in [0.29, 0.717) is 18.9 Å². The molecule has 0 radical (unpaired) electrons. The number of thiazole rings is 1. The molecule has 0 unspecified atom stereocenters. The first-order valence-corrected chi connectivity index (χ1v) is 12.2. The van der Waals surface area contributed by atoms with E-state index in [1.54, 1.807) is 6.07 Å². The van der Waals surface area contributed by atoms with Crippen molar-refractivity contribution < 1.29 is 27.4 Å². The first-order valence-electron chi connectivity index (χ1n) is 9.95. The molecular weight excluding hydrogens is 454 g/mol. The normalized spacial score (nSPS) is 15.0. The van der Waals surface area contributed by atoms with Gasteiger partial charge in [-0.1, -0.05) is 12.1 Å². The van der Waals surface area contributed by atoms with Crippen LogP contribution >= 0.6 is 11.3 Å². The summed E-state index contributed by atoms with van der Waals surface area (Å²) in [7, 11) is -2.39. The predicted molar refractivity (Wildman–Crippen MR) is 120 cm³/mol. The maximum absolute atomic E-state index is 13.1. The summed E-state index contributed by atoms with van der Waals surface area (Å²) in [6.45, 7) is 1.23. The summed E-state index contributed by atoms with van der Waals surface area (Å²) in [6.07, 6.45) is 0. The molecule has 2 aromatic carbocycles. The highest BCUT2D eigenvalue weighted by atomic mass is 32.2. The van der Waals surface area contributed by atoms with E-state index in [1.807, 2.05) is 24.3 Å². The molecule has 1 N–H and O–H groups in total. The second kappa shape index (κ2) is 9.92. The van der Waals surface area contributed by atoms with E-state index in [0.717, 1.165) is 15.2 Å². The zero-order chi connectivity index (χ0) is 22.6. The Balaban J connectivity index is 1.39. The third-order valence-electron chi connectivity index (χ3n) is 4.83. The number of fused-ring (bicyclic) bond motifs is 1. The average molecular weight is 478 g/mol. The number of para-hydroxylation sites is 1. The van der Waals surface area contributed by atoms with Crippen LogP contribution in [0.25, 0.3) is 10.2 Å². The summed E-state index contributed by atoms with van der Waals surface area (Å²) in [6, 6.07) is 12.3. The summed E-state index contributed by atoms with van der Waals surface area (Å²) < 4.78 is 44.5. The van der Waals surface area contributed by atoms with Crippen molar-refractivity contribution in [3.63, 3.8) is 0 Å². The molecule has 0 atom stereocenters. The molecule has 3 aromatic rings. The van der Waals surface area contributed by atoms with Crippen LogP contribution in [0.15, 0.2) is 47.4 Å². The van der Waals surface area contributed by atoms with Crippen LogP contribution in [0.3, 0.4) is 0 Å². The first-order chi connectivity index (χ1) is 15.5. The van der Waals surface area contributed by atoms with Gasteiger partial charge in [0.1, 0.15) is 22.3 Å². The van der Waals surface area contributed by atoms with Crippen LogP contribution < -0.4 is 10.1 Å². The number of carbonyl (C=O) groups is 1. The Hall–Kier alpha value is -2.57. The number of sulfonamides is 1. The van der Waals surface area contributed by atoms with Gasteiger partial charge in [-0.15, -0.1) is 11.3 Å². The second-order valence-corrected chi connectivity index (χ2v) is 10.0. The SMILES string of the molecule is COc1ccc(NC(=O)COCc2nc3ccccc3s2)cc1S(=O)(=O)N1CCOCC1. The molecule has 0 aliphatic carbocycles. The fourth-order valence-corrected chi connectivity index (χ4v) is 5.79. The number of anilines is 1. The van der Waals surface area contributed by atoms with Crippen LogP contribution in [0.2, 0.25) is 0 Å². The van der Waals surface area contributed by atoms with Crippen molar-refractivity contribution in [3.05, 3.63) is 47.5 Å². The minimum Gasteiger partial charge on any atom is -0.495 e. The van der Waals surface area contributed by atoms with Crippen molar-refractivity contribution in [1.29, 1.82) is 0 Å². The van der Waals surface area contributed by atoms with Crippen molar-refractivity contribution in [2.75, 3.05) is 45.3 Å². The van der Waals surface area contributed by atoms with Gasteiger partial charge < -0.3 is 19.5 Å². The molecule has 1 aromatic heterocycles. The number of morpholine rings is 1.